The zero-order valence-electron chi connectivity index (χ0n) is 11.6. The molecule has 0 amide bonds. The molecule has 1 aliphatic carbocycles. The SMILES string of the molecule is CC1CCC(C)N(CC(O)C2CCCCC2)C1. The van der Waals surface area contributed by atoms with Crippen molar-refractivity contribution in [1.82, 2.24) is 4.90 Å². The summed E-state index contributed by atoms with van der Waals surface area (Å²) in [5, 5.41) is 10.4. The summed E-state index contributed by atoms with van der Waals surface area (Å²) in [6.45, 7) is 6.76. The van der Waals surface area contributed by atoms with Crippen LogP contribution in [-0.4, -0.2) is 35.2 Å². The first-order chi connectivity index (χ1) is 8.16. The zero-order chi connectivity index (χ0) is 12.3. The number of aliphatic hydroxyl groups excluding tert-OH is 1. The summed E-state index contributed by atoms with van der Waals surface area (Å²) in [7, 11) is 0. The Morgan fingerprint density at radius 3 is 2.47 bits per heavy atom. The highest BCUT2D eigenvalue weighted by molar-refractivity contribution is 4.82. The number of β-amino-alcohol motifs (C(OH)–C–C–N with tert-alkyl or cyclic N) is 1. The fraction of sp³-hybridized carbons (Fsp3) is 1.00. The average molecular weight is 239 g/mol. The van der Waals surface area contributed by atoms with E-state index in [-0.39, 0.29) is 6.10 Å². The molecule has 17 heavy (non-hydrogen) atoms. The van der Waals surface area contributed by atoms with Crippen LogP contribution in [0.5, 0.6) is 0 Å². The van der Waals surface area contributed by atoms with Gasteiger partial charge in [-0.1, -0.05) is 26.2 Å². The lowest BCUT2D eigenvalue weighted by atomic mass is 9.84. The third kappa shape index (κ3) is 3.69. The molecule has 2 fully saturated rings. The van der Waals surface area contributed by atoms with E-state index in [9.17, 15) is 5.11 Å². The second kappa shape index (κ2) is 6.19. The maximum absolute atomic E-state index is 10.4. The molecule has 100 valence electrons. The Morgan fingerprint density at radius 1 is 1.06 bits per heavy atom. The molecule has 1 N–H and O–H groups in total. The Labute approximate surface area is 106 Å². The summed E-state index contributed by atoms with van der Waals surface area (Å²) in [5.41, 5.74) is 0. The van der Waals surface area contributed by atoms with Crippen LogP contribution in [-0.2, 0) is 0 Å². The van der Waals surface area contributed by atoms with Gasteiger partial charge in [0.25, 0.3) is 0 Å². The molecule has 0 radical (unpaired) electrons. The minimum atomic E-state index is -0.0805. The molecular weight excluding hydrogens is 210 g/mol. The second-order valence-corrected chi connectivity index (χ2v) is 6.45. The maximum Gasteiger partial charge on any atom is 0.0695 e. The number of nitrogens with zero attached hydrogens (tertiary/aromatic N) is 1. The van der Waals surface area contributed by atoms with Crippen LogP contribution in [0, 0.1) is 11.8 Å². The monoisotopic (exact) mass is 239 g/mol. The van der Waals surface area contributed by atoms with E-state index in [0.717, 1.165) is 12.5 Å². The van der Waals surface area contributed by atoms with Crippen LogP contribution in [0.3, 0.4) is 0 Å². The number of likely N-dealkylation sites (tertiary alicyclic amines) is 1. The van der Waals surface area contributed by atoms with Crippen LogP contribution in [0.15, 0.2) is 0 Å². The smallest absolute Gasteiger partial charge is 0.0695 e. The summed E-state index contributed by atoms with van der Waals surface area (Å²) < 4.78 is 0. The normalized spacial score (nSPS) is 34.8. The molecule has 0 spiro atoms. The van der Waals surface area contributed by atoms with Gasteiger partial charge >= 0.3 is 0 Å². The number of piperidine rings is 1. The van der Waals surface area contributed by atoms with E-state index in [1.807, 2.05) is 0 Å². The van der Waals surface area contributed by atoms with Gasteiger partial charge < -0.3 is 5.11 Å². The Balaban J connectivity index is 1.81. The predicted molar refractivity (Wildman–Crippen MR) is 72.0 cm³/mol. The first-order valence-corrected chi connectivity index (χ1v) is 7.59. The van der Waals surface area contributed by atoms with Gasteiger partial charge in [0, 0.05) is 19.1 Å². The molecule has 3 atom stereocenters. The highest BCUT2D eigenvalue weighted by Crippen LogP contribution is 2.28. The number of hydrogen-bond acceptors (Lipinski definition) is 2. The molecule has 1 saturated heterocycles. The van der Waals surface area contributed by atoms with Gasteiger partial charge in [-0.2, -0.15) is 0 Å². The third-order valence-corrected chi connectivity index (χ3v) is 4.86. The van der Waals surface area contributed by atoms with E-state index in [2.05, 4.69) is 18.7 Å². The van der Waals surface area contributed by atoms with E-state index < -0.39 is 0 Å². The van der Waals surface area contributed by atoms with Gasteiger partial charge in [0.1, 0.15) is 0 Å². The lowest BCUT2D eigenvalue weighted by molar-refractivity contribution is 0.0171. The molecule has 2 nitrogen and oxygen atoms in total. The number of aliphatic hydroxyl groups is 1. The van der Waals surface area contributed by atoms with E-state index in [0.29, 0.717) is 12.0 Å². The van der Waals surface area contributed by atoms with Gasteiger partial charge in [-0.3, -0.25) is 4.90 Å². The van der Waals surface area contributed by atoms with Gasteiger partial charge in [0.15, 0.2) is 0 Å². The minimum absolute atomic E-state index is 0.0805. The average Bonchev–Trinajstić information content (AvgIpc) is 2.35. The molecule has 1 saturated carbocycles. The fourth-order valence-electron chi connectivity index (χ4n) is 3.54. The number of rotatable bonds is 3. The molecule has 3 unspecified atom stereocenters. The van der Waals surface area contributed by atoms with Crippen LogP contribution in [0.2, 0.25) is 0 Å². The summed E-state index contributed by atoms with van der Waals surface area (Å²) in [6, 6.07) is 0.671. The lowest BCUT2D eigenvalue weighted by Crippen LogP contribution is -2.46. The predicted octanol–water partition coefficient (Wildman–Crippen LogP) is 3.05. The van der Waals surface area contributed by atoms with E-state index in [1.54, 1.807) is 0 Å². The quantitative estimate of drug-likeness (QED) is 0.818. The zero-order valence-corrected chi connectivity index (χ0v) is 11.6. The van der Waals surface area contributed by atoms with Gasteiger partial charge in [0.05, 0.1) is 6.10 Å². The maximum atomic E-state index is 10.4. The Morgan fingerprint density at radius 2 is 1.76 bits per heavy atom. The molecule has 1 aliphatic heterocycles. The van der Waals surface area contributed by atoms with Gasteiger partial charge in [-0.15, -0.1) is 0 Å². The Bertz CT molecular complexity index is 225. The highest BCUT2D eigenvalue weighted by atomic mass is 16.3. The van der Waals surface area contributed by atoms with Crippen LogP contribution in [0.25, 0.3) is 0 Å². The van der Waals surface area contributed by atoms with Crippen molar-refractivity contribution >= 4 is 0 Å². The molecule has 0 aromatic heterocycles. The Hall–Kier alpha value is -0.0800. The standard InChI is InChI=1S/C15H29NO/c1-12-8-9-13(2)16(10-12)11-15(17)14-6-4-3-5-7-14/h12-15,17H,3-11H2,1-2H3. The minimum Gasteiger partial charge on any atom is -0.392 e. The van der Waals surface area contributed by atoms with Crippen molar-refractivity contribution in [2.45, 2.75) is 70.9 Å². The van der Waals surface area contributed by atoms with E-state index in [4.69, 9.17) is 0 Å². The third-order valence-electron chi connectivity index (χ3n) is 4.86. The highest BCUT2D eigenvalue weighted by Gasteiger charge is 2.28. The Kier molecular flexibility index (Phi) is 4.87. The topological polar surface area (TPSA) is 23.5 Å². The molecule has 0 bridgehead atoms. The molecule has 0 aromatic carbocycles. The molecular formula is C15H29NO. The first kappa shape index (κ1) is 13.4. The molecule has 0 aromatic rings. The molecule has 1 heterocycles. The molecule has 2 rings (SSSR count). The largest absolute Gasteiger partial charge is 0.392 e. The lowest BCUT2D eigenvalue weighted by Gasteiger charge is -2.39. The van der Waals surface area contributed by atoms with Crippen molar-refractivity contribution in [3.8, 4) is 0 Å². The molecule has 2 heteroatoms. The van der Waals surface area contributed by atoms with Crippen LogP contribution >= 0.6 is 0 Å². The first-order valence-electron chi connectivity index (χ1n) is 7.59. The summed E-state index contributed by atoms with van der Waals surface area (Å²) in [5.74, 6) is 1.39. The van der Waals surface area contributed by atoms with Crippen LogP contribution in [0.1, 0.15) is 58.8 Å². The van der Waals surface area contributed by atoms with Crippen molar-refractivity contribution in [3.63, 3.8) is 0 Å². The van der Waals surface area contributed by atoms with Crippen LogP contribution < -0.4 is 0 Å². The van der Waals surface area contributed by atoms with Crippen LogP contribution in [0.4, 0.5) is 0 Å². The van der Waals surface area contributed by atoms with E-state index in [1.165, 1.54) is 51.5 Å². The van der Waals surface area contributed by atoms with Crippen molar-refractivity contribution in [2.75, 3.05) is 13.1 Å². The van der Waals surface area contributed by atoms with Gasteiger partial charge in [-0.05, 0) is 44.4 Å². The van der Waals surface area contributed by atoms with Crippen molar-refractivity contribution in [3.05, 3.63) is 0 Å². The number of hydrogen-bond donors (Lipinski definition) is 1. The van der Waals surface area contributed by atoms with Crippen molar-refractivity contribution in [2.24, 2.45) is 11.8 Å². The van der Waals surface area contributed by atoms with Crippen molar-refractivity contribution in [1.29, 1.82) is 0 Å². The second-order valence-electron chi connectivity index (χ2n) is 6.45. The van der Waals surface area contributed by atoms with Gasteiger partial charge in [-0.25, -0.2) is 0 Å². The summed E-state index contributed by atoms with van der Waals surface area (Å²) in [4.78, 5) is 2.52. The molecule has 2 aliphatic rings. The van der Waals surface area contributed by atoms with E-state index >= 15 is 0 Å². The summed E-state index contributed by atoms with van der Waals surface area (Å²) in [6.07, 6.45) is 9.11. The van der Waals surface area contributed by atoms with Crippen molar-refractivity contribution < 1.29 is 5.11 Å². The van der Waals surface area contributed by atoms with Gasteiger partial charge in [0.2, 0.25) is 0 Å². The fourth-order valence-corrected chi connectivity index (χ4v) is 3.54. The summed E-state index contributed by atoms with van der Waals surface area (Å²) >= 11 is 0.